The van der Waals surface area contributed by atoms with Crippen LogP contribution < -0.4 is 0 Å². The first-order chi connectivity index (χ1) is 13.7. The number of fused-ring (bicyclic) bond motifs is 2. The number of likely N-dealkylation sites (tertiary alicyclic amines) is 1. The highest BCUT2D eigenvalue weighted by atomic mass is 16.5. The molecule has 0 saturated carbocycles. The van der Waals surface area contributed by atoms with E-state index in [9.17, 15) is 4.79 Å². The quantitative estimate of drug-likeness (QED) is 0.803. The van der Waals surface area contributed by atoms with Crippen LogP contribution in [0.15, 0.2) is 30.5 Å². The number of carbonyl (C=O) groups excluding carboxylic acids is 1. The lowest BCUT2D eigenvalue weighted by Gasteiger charge is -2.32. The number of rotatable bonds is 2. The molecule has 28 heavy (non-hydrogen) atoms. The van der Waals surface area contributed by atoms with Crippen molar-refractivity contribution >= 4 is 5.91 Å². The van der Waals surface area contributed by atoms with Crippen molar-refractivity contribution in [3.63, 3.8) is 0 Å². The minimum absolute atomic E-state index is 0.0462. The first-order valence-electron chi connectivity index (χ1n) is 10.2. The van der Waals surface area contributed by atoms with Crippen LogP contribution in [0, 0.1) is 0 Å². The number of nitrogens with zero attached hydrogens (tertiary/aromatic N) is 4. The van der Waals surface area contributed by atoms with Crippen molar-refractivity contribution in [3.05, 3.63) is 58.7 Å². The van der Waals surface area contributed by atoms with E-state index in [4.69, 9.17) is 9.72 Å². The molecule has 1 fully saturated rings. The summed E-state index contributed by atoms with van der Waals surface area (Å²) >= 11 is 0. The van der Waals surface area contributed by atoms with E-state index in [2.05, 4.69) is 23.0 Å². The Morgan fingerprint density at radius 2 is 2.07 bits per heavy atom. The third-order valence-corrected chi connectivity index (χ3v) is 6.20. The maximum Gasteiger partial charge on any atom is 0.256 e. The van der Waals surface area contributed by atoms with Crippen molar-refractivity contribution in [3.8, 4) is 0 Å². The van der Waals surface area contributed by atoms with Crippen molar-refractivity contribution in [1.82, 2.24) is 19.8 Å². The number of likely N-dealkylation sites (N-methyl/N-ethyl adjacent to an activating group) is 1. The van der Waals surface area contributed by atoms with Crippen LogP contribution in [0.2, 0.25) is 0 Å². The number of ether oxygens (including phenoxy) is 1. The molecule has 0 unspecified atom stereocenters. The predicted molar refractivity (Wildman–Crippen MR) is 105 cm³/mol. The van der Waals surface area contributed by atoms with E-state index in [1.165, 1.54) is 11.1 Å². The standard InChI is InChI=1S/C22H26N4O2/c1-25-11-8-18-16(14-25)13-23-21(24-18)19-7-4-10-26(19)22(27)20-17-6-3-2-5-15(17)9-12-28-20/h2-3,5-6,13,19-20H,4,7-12,14H2,1H3/t19-,20-/m0/s1. The van der Waals surface area contributed by atoms with Gasteiger partial charge in [-0.15, -0.1) is 0 Å². The SMILES string of the molecule is CN1CCc2nc([C@@H]3CCCN3C(=O)[C@H]3OCCc4ccccc43)ncc2C1. The second kappa shape index (κ2) is 7.26. The molecule has 2 atom stereocenters. The molecule has 5 rings (SSSR count). The Kier molecular flexibility index (Phi) is 4.61. The number of hydrogen-bond acceptors (Lipinski definition) is 5. The van der Waals surface area contributed by atoms with E-state index in [-0.39, 0.29) is 11.9 Å². The summed E-state index contributed by atoms with van der Waals surface area (Å²) in [6, 6.07) is 8.09. The second-order valence-corrected chi connectivity index (χ2v) is 8.08. The third-order valence-electron chi connectivity index (χ3n) is 6.20. The summed E-state index contributed by atoms with van der Waals surface area (Å²) in [6.07, 6.45) is 5.16. The maximum absolute atomic E-state index is 13.4. The molecule has 0 spiro atoms. The van der Waals surface area contributed by atoms with Crippen LogP contribution in [0.5, 0.6) is 0 Å². The number of benzene rings is 1. The fourth-order valence-corrected chi connectivity index (χ4v) is 4.68. The monoisotopic (exact) mass is 378 g/mol. The molecule has 0 N–H and O–H groups in total. The first-order valence-corrected chi connectivity index (χ1v) is 10.2. The summed E-state index contributed by atoms with van der Waals surface area (Å²) in [5.41, 5.74) is 4.58. The zero-order valence-corrected chi connectivity index (χ0v) is 16.3. The average molecular weight is 378 g/mol. The Morgan fingerprint density at radius 3 is 3.00 bits per heavy atom. The van der Waals surface area contributed by atoms with Gasteiger partial charge in [-0.1, -0.05) is 24.3 Å². The van der Waals surface area contributed by atoms with E-state index in [0.29, 0.717) is 6.61 Å². The lowest BCUT2D eigenvalue weighted by molar-refractivity contribution is -0.146. The lowest BCUT2D eigenvalue weighted by Crippen LogP contribution is -2.38. The van der Waals surface area contributed by atoms with Crippen LogP contribution in [-0.2, 0) is 28.9 Å². The van der Waals surface area contributed by atoms with E-state index in [0.717, 1.165) is 62.4 Å². The molecule has 4 heterocycles. The number of carbonyl (C=O) groups is 1. The van der Waals surface area contributed by atoms with E-state index in [1.807, 2.05) is 29.3 Å². The topological polar surface area (TPSA) is 58.6 Å². The molecule has 1 amide bonds. The van der Waals surface area contributed by atoms with Gasteiger partial charge in [0.05, 0.1) is 12.6 Å². The van der Waals surface area contributed by atoms with Crippen molar-refractivity contribution in [2.24, 2.45) is 0 Å². The van der Waals surface area contributed by atoms with Crippen LogP contribution >= 0.6 is 0 Å². The molecule has 6 nitrogen and oxygen atoms in total. The molecule has 0 bridgehead atoms. The van der Waals surface area contributed by atoms with Crippen LogP contribution in [0.1, 0.15) is 53.2 Å². The smallest absolute Gasteiger partial charge is 0.256 e. The normalized spacial score (nSPS) is 24.7. The van der Waals surface area contributed by atoms with Gasteiger partial charge in [0.1, 0.15) is 0 Å². The van der Waals surface area contributed by atoms with Crippen LogP contribution in [0.25, 0.3) is 0 Å². The molecule has 0 radical (unpaired) electrons. The Labute approximate surface area is 165 Å². The summed E-state index contributed by atoms with van der Waals surface area (Å²) in [5, 5.41) is 0. The predicted octanol–water partition coefficient (Wildman–Crippen LogP) is 2.44. The number of hydrogen-bond donors (Lipinski definition) is 0. The summed E-state index contributed by atoms with van der Waals surface area (Å²) < 4.78 is 5.93. The van der Waals surface area contributed by atoms with Crippen LogP contribution in [0.4, 0.5) is 0 Å². The summed E-state index contributed by atoms with van der Waals surface area (Å²) in [7, 11) is 2.12. The minimum atomic E-state index is -0.503. The van der Waals surface area contributed by atoms with Gasteiger partial charge >= 0.3 is 0 Å². The molecule has 1 aromatic carbocycles. The van der Waals surface area contributed by atoms with Gasteiger partial charge in [0, 0.05) is 43.5 Å². The zero-order valence-electron chi connectivity index (χ0n) is 16.3. The lowest BCUT2D eigenvalue weighted by atomic mass is 9.96. The Balaban J connectivity index is 1.41. The van der Waals surface area contributed by atoms with Gasteiger partial charge in [-0.2, -0.15) is 0 Å². The largest absolute Gasteiger partial charge is 0.363 e. The van der Waals surface area contributed by atoms with Gasteiger partial charge in [-0.05, 0) is 37.4 Å². The highest BCUT2D eigenvalue weighted by Gasteiger charge is 2.38. The van der Waals surface area contributed by atoms with Gasteiger partial charge < -0.3 is 14.5 Å². The zero-order chi connectivity index (χ0) is 19.1. The Bertz CT molecular complexity index is 900. The fourth-order valence-electron chi connectivity index (χ4n) is 4.68. The average Bonchev–Trinajstić information content (AvgIpc) is 3.22. The Morgan fingerprint density at radius 1 is 1.18 bits per heavy atom. The minimum Gasteiger partial charge on any atom is -0.363 e. The van der Waals surface area contributed by atoms with Crippen LogP contribution in [0.3, 0.4) is 0 Å². The number of amides is 1. The van der Waals surface area contributed by atoms with Crippen molar-refractivity contribution in [2.45, 2.75) is 44.4 Å². The molecule has 3 aliphatic heterocycles. The van der Waals surface area contributed by atoms with E-state index < -0.39 is 6.10 Å². The molecule has 6 heteroatoms. The van der Waals surface area contributed by atoms with E-state index in [1.54, 1.807) is 0 Å². The molecule has 146 valence electrons. The van der Waals surface area contributed by atoms with Crippen molar-refractivity contribution in [2.75, 3.05) is 26.7 Å². The van der Waals surface area contributed by atoms with Crippen LogP contribution in [-0.4, -0.2) is 52.4 Å². The number of aromatic nitrogens is 2. The fraction of sp³-hybridized carbons (Fsp3) is 0.500. The van der Waals surface area contributed by atoms with E-state index >= 15 is 0 Å². The summed E-state index contributed by atoms with van der Waals surface area (Å²) in [6.45, 7) is 3.25. The highest BCUT2D eigenvalue weighted by Crippen LogP contribution is 2.36. The summed E-state index contributed by atoms with van der Waals surface area (Å²) in [4.78, 5) is 27.2. The first kappa shape index (κ1) is 17.8. The van der Waals surface area contributed by atoms with Gasteiger partial charge in [0.25, 0.3) is 5.91 Å². The van der Waals surface area contributed by atoms with Gasteiger partial charge in [-0.25, -0.2) is 9.97 Å². The molecule has 0 aliphatic carbocycles. The molecular formula is C22H26N4O2. The third kappa shape index (κ3) is 3.10. The summed E-state index contributed by atoms with van der Waals surface area (Å²) in [5.74, 6) is 0.842. The van der Waals surface area contributed by atoms with Crippen molar-refractivity contribution < 1.29 is 9.53 Å². The highest BCUT2D eigenvalue weighted by molar-refractivity contribution is 5.83. The molecule has 1 saturated heterocycles. The molecule has 1 aromatic heterocycles. The molecule has 2 aromatic rings. The second-order valence-electron chi connectivity index (χ2n) is 8.08. The maximum atomic E-state index is 13.4. The van der Waals surface area contributed by atoms with Gasteiger partial charge in [0.2, 0.25) is 0 Å². The Hall–Kier alpha value is -2.31. The van der Waals surface area contributed by atoms with Crippen molar-refractivity contribution in [1.29, 1.82) is 0 Å². The van der Waals surface area contributed by atoms with Gasteiger partial charge in [0.15, 0.2) is 11.9 Å². The molecular weight excluding hydrogens is 352 g/mol. The van der Waals surface area contributed by atoms with Gasteiger partial charge in [-0.3, -0.25) is 4.79 Å². The molecule has 3 aliphatic rings.